The molecular weight excluding hydrogens is 312 g/mol. The minimum absolute atomic E-state index is 0.102. The molecule has 1 aliphatic heterocycles. The second kappa shape index (κ2) is 6.61. The molecule has 2 aromatic rings. The van der Waals surface area contributed by atoms with Crippen LogP contribution in [0.15, 0.2) is 30.6 Å². The molecule has 0 saturated carbocycles. The van der Waals surface area contributed by atoms with Gasteiger partial charge in [-0.05, 0) is 12.1 Å². The average Bonchev–Trinajstić information content (AvgIpc) is 3.23. The van der Waals surface area contributed by atoms with Gasteiger partial charge < -0.3 is 19.7 Å². The summed E-state index contributed by atoms with van der Waals surface area (Å²) in [7, 11) is 3.09. The molecule has 8 nitrogen and oxygen atoms in total. The van der Waals surface area contributed by atoms with Crippen LogP contribution >= 0.6 is 0 Å². The summed E-state index contributed by atoms with van der Waals surface area (Å²) in [5, 5.41) is 9.14. The number of aromatic nitrogens is 2. The largest absolute Gasteiger partial charge is 0.493 e. The number of methoxy groups -OCH3 is 2. The topological polar surface area (TPSA) is 96.5 Å². The molecule has 0 radical (unpaired) electrons. The lowest BCUT2D eigenvalue weighted by Gasteiger charge is -2.18. The van der Waals surface area contributed by atoms with Gasteiger partial charge in [0.05, 0.1) is 32.0 Å². The zero-order valence-corrected chi connectivity index (χ0v) is 13.4. The van der Waals surface area contributed by atoms with Crippen LogP contribution in [0.4, 0.5) is 11.4 Å². The van der Waals surface area contributed by atoms with Crippen molar-refractivity contribution < 1.29 is 19.1 Å². The molecule has 1 aromatic carbocycles. The lowest BCUT2D eigenvalue weighted by molar-refractivity contribution is -0.122. The molecule has 1 fully saturated rings. The van der Waals surface area contributed by atoms with E-state index < -0.39 is 5.92 Å². The van der Waals surface area contributed by atoms with Crippen LogP contribution in [0.1, 0.15) is 6.42 Å². The molecular formula is C16H18N4O4. The number of amides is 2. The number of nitrogens with one attached hydrogen (secondary N) is 2. The first-order valence-electron chi connectivity index (χ1n) is 7.44. The molecule has 8 heteroatoms. The Morgan fingerprint density at radius 3 is 2.79 bits per heavy atom. The Morgan fingerprint density at radius 1 is 1.33 bits per heavy atom. The first-order valence-corrected chi connectivity index (χ1v) is 7.44. The predicted molar refractivity (Wildman–Crippen MR) is 87.2 cm³/mol. The number of hydrogen-bond donors (Lipinski definition) is 2. The van der Waals surface area contributed by atoms with Gasteiger partial charge in [-0.3, -0.25) is 14.7 Å². The van der Waals surface area contributed by atoms with Crippen molar-refractivity contribution in [3.63, 3.8) is 0 Å². The lowest BCUT2D eigenvalue weighted by atomic mass is 10.1. The van der Waals surface area contributed by atoms with Crippen LogP contribution in [0, 0.1) is 5.92 Å². The first-order chi connectivity index (χ1) is 11.6. The Balaban J connectivity index is 1.74. The average molecular weight is 330 g/mol. The molecule has 2 amide bonds. The fraction of sp³-hybridized carbons (Fsp3) is 0.312. The van der Waals surface area contributed by atoms with Crippen molar-refractivity contribution in [2.45, 2.75) is 6.42 Å². The van der Waals surface area contributed by atoms with E-state index in [1.807, 2.05) is 0 Å². The fourth-order valence-corrected chi connectivity index (χ4v) is 2.69. The van der Waals surface area contributed by atoms with Gasteiger partial charge in [0.1, 0.15) is 0 Å². The maximum absolute atomic E-state index is 12.3. The Morgan fingerprint density at radius 2 is 2.12 bits per heavy atom. The van der Waals surface area contributed by atoms with Crippen LogP contribution in [-0.4, -0.2) is 42.8 Å². The zero-order valence-electron chi connectivity index (χ0n) is 13.4. The molecule has 1 atom stereocenters. The van der Waals surface area contributed by atoms with E-state index in [1.54, 1.807) is 36.4 Å². The van der Waals surface area contributed by atoms with Gasteiger partial charge in [-0.15, -0.1) is 0 Å². The second-order valence-electron chi connectivity index (χ2n) is 5.42. The van der Waals surface area contributed by atoms with E-state index >= 15 is 0 Å². The highest BCUT2D eigenvalue weighted by Crippen LogP contribution is 2.34. The summed E-state index contributed by atoms with van der Waals surface area (Å²) in [4.78, 5) is 26.2. The third kappa shape index (κ3) is 3.03. The number of benzene rings is 1. The predicted octanol–water partition coefficient (Wildman–Crippen LogP) is 1.42. The smallest absolute Gasteiger partial charge is 0.229 e. The van der Waals surface area contributed by atoms with Crippen LogP contribution in [0.25, 0.3) is 0 Å². The molecule has 0 bridgehead atoms. The minimum Gasteiger partial charge on any atom is -0.493 e. The summed E-state index contributed by atoms with van der Waals surface area (Å²) in [6.07, 6.45) is 3.26. The van der Waals surface area contributed by atoms with Gasteiger partial charge in [0.25, 0.3) is 0 Å². The van der Waals surface area contributed by atoms with Gasteiger partial charge in [-0.1, -0.05) is 0 Å². The van der Waals surface area contributed by atoms with Crippen LogP contribution in [-0.2, 0) is 9.59 Å². The maximum Gasteiger partial charge on any atom is 0.229 e. The molecule has 0 unspecified atom stereocenters. The number of hydrogen-bond acceptors (Lipinski definition) is 5. The van der Waals surface area contributed by atoms with Crippen molar-refractivity contribution in [3.8, 4) is 11.5 Å². The van der Waals surface area contributed by atoms with Crippen molar-refractivity contribution in [2.24, 2.45) is 5.92 Å². The van der Waals surface area contributed by atoms with Gasteiger partial charge in [0.2, 0.25) is 11.8 Å². The van der Waals surface area contributed by atoms with Crippen LogP contribution in [0.2, 0.25) is 0 Å². The third-order valence-electron chi connectivity index (χ3n) is 3.94. The highest BCUT2D eigenvalue weighted by molar-refractivity contribution is 6.03. The summed E-state index contributed by atoms with van der Waals surface area (Å²) < 4.78 is 10.5. The number of ether oxygens (including phenoxy) is 2. The number of aromatic amines is 1. The van der Waals surface area contributed by atoms with Gasteiger partial charge in [-0.25, -0.2) is 0 Å². The molecule has 24 heavy (non-hydrogen) atoms. The number of carbonyl (C=O) groups is 2. The summed E-state index contributed by atoms with van der Waals surface area (Å²) in [5.41, 5.74) is 1.26. The van der Waals surface area contributed by atoms with E-state index in [2.05, 4.69) is 15.5 Å². The third-order valence-corrected chi connectivity index (χ3v) is 3.94. The molecule has 1 aromatic heterocycles. The van der Waals surface area contributed by atoms with E-state index in [9.17, 15) is 9.59 Å². The number of carbonyl (C=O) groups excluding carboxylic acids is 2. The Bertz CT molecular complexity index is 745. The fourth-order valence-electron chi connectivity index (χ4n) is 2.69. The van der Waals surface area contributed by atoms with E-state index in [-0.39, 0.29) is 18.2 Å². The van der Waals surface area contributed by atoms with Crippen molar-refractivity contribution in [1.29, 1.82) is 0 Å². The lowest BCUT2D eigenvalue weighted by Crippen LogP contribution is -2.28. The van der Waals surface area contributed by atoms with Crippen molar-refractivity contribution in [1.82, 2.24) is 10.2 Å². The molecule has 0 aliphatic carbocycles. The van der Waals surface area contributed by atoms with Gasteiger partial charge in [0.15, 0.2) is 11.5 Å². The second-order valence-corrected chi connectivity index (χ2v) is 5.42. The van der Waals surface area contributed by atoms with Crippen LogP contribution in [0.5, 0.6) is 11.5 Å². The highest BCUT2D eigenvalue weighted by Gasteiger charge is 2.35. The monoisotopic (exact) mass is 330 g/mol. The molecule has 2 N–H and O–H groups in total. The molecule has 1 aliphatic rings. The van der Waals surface area contributed by atoms with Crippen LogP contribution in [0.3, 0.4) is 0 Å². The number of H-pyrrole nitrogens is 1. The molecule has 2 heterocycles. The summed E-state index contributed by atoms with van der Waals surface area (Å²) in [5.74, 6) is 0.402. The Kier molecular flexibility index (Phi) is 4.37. The van der Waals surface area contributed by atoms with E-state index in [0.717, 1.165) is 0 Å². The first kappa shape index (κ1) is 15.9. The number of anilines is 2. The van der Waals surface area contributed by atoms with Gasteiger partial charge >= 0.3 is 0 Å². The van der Waals surface area contributed by atoms with Crippen molar-refractivity contribution >= 4 is 23.2 Å². The zero-order chi connectivity index (χ0) is 17.1. The molecule has 3 rings (SSSR count). The normalized spacial score (nSPS) is 17.0. The molecule has 0 spiro atoms. The van der Waals surface area contributed by atoms with Gasteiger partial charge in [-0.2, -0.15) is 5.10 Å². The van der Waals surface area contributed by atoms with Crippen LogP contribution < -0.4 is 19.7 Å². The van der Waals surface area contributed by atoms with E-state index in [1.165, 1.54) is 13.3 Å². The Hall–Kier alpha value is -3.03. The number of rotatable bonds is 5. The minimum atomic E-state index is -0.416. The van der Waals surface area contributed by atoms with Crippen molar-refractivity contribution in [3.05, 3.63) is 30.6 Å². The standard InChI is InChI=1S/C16H18N4O4/c1-23-13-4-3-12(6-14(13)24-2)20-9-10(5-15(20)21)16(22)19-11-7-17-18-8-11/h3-4,6-8,10H,5,9H2,1-2H3,(H,17,18)(H,19,22)/t10-/m1/s1. The number of nitrogens with zero attached hydrogens (tertiary/aromatic N) is 2. The quantitative estimate of drug-likeness (QED) is 0.864. The molecule has 1 saturated heterocycles. The van der Waals surface area contributed by atoms with Gasteiger partial charge in [0, 0.05) is 30.9 Å². The molecule has 126 valence electrons. The SMILES string of the molecule is COc1ccc(N2C[C@H](C(=O)Nc3cn[nH]c3)CC2=O)cc1OC. The highest BCUT2D eigenvalue weighted by atomic mass is 16.5. The summed E-state index contributed by atoms with van der Waals surface area (Å²) in [6, 6.07) is 5.24. The summed E-state index contributed by atoms with van der Waals surface area (Å²) >= 11 is 0. The van der Waals surface area contributed by atoms with Crippen molar-refractivity contribution in [2.75, 3.05) is 31.0 Å². The van der Waals surface area contributed by atoms with E-state index in [0.29, 0.717) is 29.4 Å². The summed E-state index contributed by atoms with van der Waals surface area (Å²) in [6.45, 7) is 0.317. The Labute approximate surface area is 138 Å². The van der Waals surface area contributed by atoms with E-state index in [4.69, 9.17) is 9.47 Å². The maximum atomic E-state index is 12.3.